The minimum absolute atomic E-state index is 0.190. The van der Waals surface area contributed by atoms with E-state index in [0.29, 0.717) is 30.0 Å². The lowest BCUT2D eigenvalue weighted by molar-refractivity contribution is 0.0953. The number of ether oxygens (including phenoxy) is 2. The monoisotopic (exact) mass is 354 g/mol. The number of aromatic nitrogens is 1. The zero-order chi connectivity index (χ0) is 18.7. The van der Waals surface area contributed by atoms with Crippen LogP contribution in [0.25, 0.3) is 10.9 Å². The van der Waals surface area contributed by atoms with Crippen molar-refractivity contribution in [3.8, 4) is 17.2 Å². The van der Waals surface area contributed by atoms with Crippen molar-refractivity contribution in [2.75, 3.05) is 20.8 Å². The second kappa shape index (κ2) is 7.39. The molecule has 26 heavy (non-hydrogen) atoms. The lowest BCUT2D eigenvalue weighted by Crippen LogP contribution is -2.25. The summed E-state index contributed by atoms with van der Waals surface area (Å²) in [5.41, 5.74) is 2.60. The van der Waals surface area contributed by atoms with Gasteiger partial charge in [-0.3, -0.25) is 4.79 Å². The van der Waals surface area contributed by atoms with Gasteiger partial charge in [0.25, 0.3) is 5.91 Å². The van der Waals surface area contributed by atoms with Gasteiger partial charge >= 0.3 is 0 Å². The highest BCUT2D eigenvalue weighted by molar-refractivity contribution is 5.95. The summed E-state index contributed by atoms with van der Waals surface area (Å²) in [4.78, 5) is 12.4. The Bertz CT molecular complexity index is 924. The zero-order valence-corrected chi connectivity index (χ0v) is 15.1. The molecule has 3 aromatic rings. The van der Waals surface area contributed by atoms with Gasteiger partial charge in [-0.1, -0.05) is 0 Å². The zero-order valence-electron chi connectivity index (χ0n) is 15.1. The van der Waals surface area contributed by atoms with Crippen molar-refractivity contribution >= 4 is 16.8 Å². The van der Waals surface area contributed by atoms with Crippen molar-refractivity contribution in [1.29, 1.82) is 0 Å². The molecule has 0 atom stereocenters. The summed E-state index contributed by atoms with van der Waals surface area (Å²) < 4.78 is 12.4. The van der Waals surface area contributed by atoms with E-state index in [2.05, 4.69) is 5.32 Å². The van der Waals surface area contributed by atoms with Crippen LogP contribution in [-0.2, 0) is 13.5 Å². The van der Waals surface area contributed by atoms with Crippen molar-refractivity contribution in [1.82, 2.24) is 9.88 Å². The second-order valence-corrected chi connectivity index (χ2v) is 6.07. The van der Waals surface area contributed by atoms with Crippen molar-refractivity contribution < 1.29 is 19.4 Å². The molecule has 0 aliphatic carbocycles. The Morgan fingerprint density at radius 3 is 2.46 bits per heavy atom. The number of nitrogens with one attached hydrogen (secondary N) is 1. The van der Waals surface area contributed by atoms with Gasteiger partial charge in [-0.05, 0) is 42.3 Å². The lowest BCUT2D eigenvalue weighted by Gasteiger charge is -2.09. The second-order valence-electron chi connectivity index (χ2n) is 6.07. The summed E-state index contributed by atoms with van der Waals surface area (Å²) in [5, 5.41) is 13.6. The smallest absolute Gasteiger partial charge is 0.251 e. The van der Waals surface area contributed by atoms with Crippen LogP contribution in [0.2, 0.25) is 0 Å². The number of methoxy groups -OCH3 is 2. The number of fused-ring (bicyclic) bond motifs is 1. The SMILES string of the molecule is COc1cc(OC)cc(C(=O)NCCc2cn(C)c3ccc(O)cc23)c1. The number of hydrogen-bond acceptors (Lipinski definition) is 4. The normalized spacial score (nSPS) is 10.7. The molecule has 0 saturated carbocycles. The van der Waals surface area contributed by atoms with E-state index >= 15 is 0 Å². The third kappa shape index (κ3) is 3.59. The van der Waals surface area contributed by atoms with Crippen LogP contribution >= 0.6 is 0 Å². The predicted molar refractivity (Wildman–Crippen MR) is 100 cm³/mol. The number of phenols is 1. The average Bonchev–Trinajstić information content (AvgIpc) is 2.96. The van der Waals surface area contributed by atoms with Crippen LogP contribution in [0.3, 0.4) is 0 Å². The van der Waals surface area contributed by atoms with Crippen molar-refractivity contribution in [2.24, 2.45) is 7.05 Å². The number of hydrogen-bond donors (Lipinski definition) is 2. The summed E-state index contributed by atoms with van der Waals surface area (Å²) >= 11 is 0. The molecule has 0 aliphatic rings. The molecular formula is C20H22N2O4. The Morgan fingerprint density at radius 1 is 1.12 bits per heavy atom. The van der Waals surface area contributed by atoms with Gasteiger partial charge in [-0.15, -0.1) is 0 Å². The molecule has 6 heteroatoms. The predicted octanol–water partition coefficient (Wildman–Crippen LogP) is 2.87. The van der Waals surface area contributed by atoms with Gasteiger partial charge < -0.3 is 24.5 Å². The molecule has 2 aromatic carbocycles. The molecule has 0 radical (unpaired) electrons. The third-order valence-corrected chi connectivity index (χ3v) is 4.35. The molecule has 6 nitrogen and oxygen atoms in total. The van der Waals surface area contributed by atoms with E-state index < -0.39 is 0 Å². The van der Waals surface area contributed by atoms with Crippen LogP contribution in [0.4, 0.5) is 0 Å². The largest absolute Gasteiger partial charge is 0.508 e. The number of amides is 1. The molecule has 0 unspecified atom stereocenters. The first-order valence-corrected chi connectivity index (χ1v) is 8.30. The highest BCUT2D eigenvalue weighted by atomic mass is 16.5. The van der Waals surface area contributed by atoms with E-state index in [-0.39, 0.29) is 11.7 Å². The first kappa shape index (κ1) is 17.7. The Kier molecular flexibility index (Phi) is 5.02. The molecular weight excluding hydrogens is 332 g/mol. The molecule has 1 aromatic heterocycles. The van der Waals surface area contributed by atoms with Gasteiger partial charge in [0.1, 0.15) is 17.2 Å². The number of aryl methyl sites for hydroxylation is 1. The minimum atomic E-state index is -0.190. The number of nitrogens with zero attached hydrogens (tertiary/aromatic N) is 1. The molecule has 0 fully saturated rings. The number of benzene rings is 2. The van der Waals surface area contributed by atoms with Gasteiger partial charge in [0.15, 0.2) is 0 Å². The van der Waals surface area contributed by atoms with E-state index in [1.165, 1.54) is 0 Å². The first-order chi connectivity index (χ1) is 12.5. The van der Waals surface area contributed by atoms with Gasteiger partial charge in [-0.25, -0.2) is 0 Å². The number of carbonyl (C=O) groups excluding carboxylic acids is 1. The number of phenolic OH excluding ortho intramolecular Hbond substituents is 1. The average molecular weight is 354 g/mol. The van der Waals surface area contributed by atoms with Gasteiger partial charge in [0, 0.05) is 42.3 Å². The van der Waals surface area contributed by atoms with Crippen LogP contribution in [-0.4, -0.2) is 36.3 Å². The Labute approximate surface area is 152 Å². The maximum absolute atomic E-state index is 12.4. The summed E-state index contributed by atoms with van der Waals surface area (Å²) in [6, 6.07) is 10.4. The van der Waals surface area contributed by atoms with E-state index in [4.69, 9.17) is 9.47 Å². The highest BCUT2D eigenvalue weighted by Gasteiger charge is 2.11. The first-order valence-electron chi connectivity index (χ1n) is 8.30. The van der Waals surface area contributed by atoms with Crippen LogP contribution in [0, 0.1) is 0 Å². The Morgan fingerprint density at radius 2 is 1.81 bits per heavy atom. The number of rotatable bonds is 6. The van der Waals surface area contributed by atoms with Crippen LogP contribution in [0.1, 0.15) is 15.9 Å². The molecule has 0 bridgehead atoms. The fourth-order valence-corrected chi connectivity index (χ4v) is 3.01. The van der Waals surface area contributed by atoms with Crippen molar-refractivity contribution in [3.63, 3.8) is 0 Å². The third-order valence-electron chi connectivity index (χ3n) is 4.35. The topological polar surface area (TPSA) is 72.7 Å². The summed E-state index contributed by atoms with van der Waals surface area (Å²) in [6.45, 7) is 0.479. The summed E-state index contributed by atoms with van der Waals surface area (Å²) in [7, 11) is 5.06. The quantitative estimate of drug-likeness (QED) is 0.714. The van der Waals surface area contributed by atoms with E-state index in [1.807, 2.05) is 23.9 Å². The van der Waals surface area contributed by atoms with Crippen molar-refractivity contribution in [3.05, 3.63) is 53.7 Å². The molecule has 1 amide bonds. The Balaban J connectivity index is 1.70. The van der Waals surface area contributed by atoms with E-state index in [9.17, 15) is 9.90 Å². The Hall–Kier alpha value is -3.15. The molecule has 2 N–H and O–H groups in total. The number of aromatic hydroxyl groups is 1. The molecule has 1 heterocycles. The lowest BCUT2D eigenvalue weighted by atomic mass is 10.1. The maximum Gasteiger partial charge on any atom is 0.251 e. The minimum Gasteiger partial charge on any atom is -0.508 e. The van der Waals surface area contributed by atoms with Crippen LogP contribution in [0.5, 0.6) is 17.2 Å². The summed E-state index contributed by atoms with van der Waals surface area (Å²) in [6.07, 6.45) is 2.68. The van der Waals surface area contributed by atoms with Gasteiger partial charge in [-0.2, -0.15) is 0 Å². The van der Waals surface area contributed by atoms with Crippen LogP contribution < -0.4 is 14.8 Å². The fraction of sp³-hybridized carbons (Fsp3) is 0.250. The van der Waals surface area contributed by atoms with Gasteiger partial charge in [0.2, 0.25) is 0 Å². The van der Waals surface area contributed by atoms with E-state index in [1.54, 1.807) is 44.6 Å². The highest BCUT2D eigenvalue weighted by Crippen LogP contribution is 2.25. The maximum atomic E-state index is 12.4. The standard InChI is InChI=1S/C20H22N2O4/c1-22-12-13(18-10-15(23)4-5-19(18)22)6-7-21-20(24)14-8-16(25-2)11-17(9-14)26-3/h4-5,8-12,23H,6-7H2,1-3H3,(H,21,24). The van der Waals surface area contributed by atoms with Crippen LogP contribution in [0.15, 0.2) is 42.6 Å². The van der Waals surface area contributed by atoms with Crippen molar-refractivity contribution in [2.45, 2.75) is 6.42 Å². The molecule has 0 spiro atoms. The molecule has 0 saturated heterocycles. The molecule has 0 aliphatic heterocycles. The van der Waals surface area contributed by atoms with Gasteiger partial charge in [0.05, 0.1) is 14.2 Å². The molecule has 3 rings (SSSR count). The number of carbonyl (C=O) groups is 1. The summed E-state index contributed by atoms with van der Waals surface area (Å²) in [5.74, 6) is 1.18. The molecule has 136 valence electrons. The van der Waals surface area contributed by atoms with E-state index in [0.717, 1.165) is 16.5 Å². The fourth-order valence-electron chi connectivity index (χ4n) is 3.01.